The van der Waals surface area contributed by atoms with Gasteiger partial charge in [0.25, 0.3) is 5.56 Å². The molecular weight excluding hydrogens is 424 g/mol. The number of aryl methyl sites for hydroxylation is 2. The van der Waals surface area contributed by atoms with Crippen LogP contribution in [0.25, 0.3) is 10.9 Å². The molecule has 0 bridgehead atoms. The molecule has 7 nitrogen and oxygen atoms in total. The van der Waals surface area contributed by atoms with Gasteiger partial charge in [0.2, 0.25) is 0 Å². The number of aromatic nitrogens is 5. The zero-order chi connectivity index (χ0) is 23.8. The van der Waals surface area contributed by atoms with E-state index in [1.54, 1.807) is 0 Å². The van der Waals surface area contributed by atoms with Gasteiger partial charge in [-0.2, -0.15) is 0 Å². The first kappa shape index (κ1) is 23.2. The number of nitrogens with zero attached hydrogens (tertiary/aromatic N) is 5. The Morgan fingerprint density at radius 1 is 1.03 bits per heavy atom. The Balaban J connectivity index is 1.55. The zero-order valence-corrected chi connectivity index (χ0v) is 21.0. The predicted octanol–water partition coefficient (Wildman–Crippen LogP) is 5.39. The maximum absolute atomic E-state index is 13.2. The summed E-state index contributed by atoms with van der Waals surface area (Å²) in [5.74, 6) is 1.30. The molecule has 0 saturated heterocycles. The number of hydrogen-bond acceptors (Lipinski definition) is 5. The molecule has 0 unspecified atom stereocenters. The van der Waals surface area contributed by atoms with Crippen LogP contribution in [0, 0.1) is 19.8 Å². The highest BCUT2D eigenvalue weighted by atomic mass is 16.1. The molecule has 2 aliphatic rings. The van der Waals surface area contributed by atoms with Crippen molar-refractivity contribution >= 4 is 10.9 Å². The van der Waals surface area contributed by atoms with Gasteiger partial charge < -0.3 is 4.98 Å². The normalized spacial score (nSPS) is 18.6. The number of hydrogen-bond donors (Lipinski definition) is 1. The van der Waals surface area contributed by atoms with E-state index >= 15 is 0 Å². The SMILES string of the molecule is Cc1cc2cc(CN(C3CCCC3)[C@@H](c3nnnn3C3CCCC3)C(C)C)c(=O)[nH]c2cc1C. The van der Waals surface area contributed by atoms with Gasteiger partial charge in [0, 0.05) is 23.7 Å². The van der Waals surface area contributed by atoms with Crippen molar-refractivity contribution in [2.75, 3.05) is 0 Å². The van der Waals surface area contributed by atoms with E-state index in [1.165, 1.54) is 36.8 Å². The second-order valence-corrected chi connectivity index (χ2v) is 10.9. The molecule has 1 atom stereocenters. The molecule has 2 heterocycles. The van der Waals surface area contributed by atoms with Gasteiger partial charge in [-0.25, -0.2) is 4.68 Å². The highest BCUT2D eigenvalue weighted by Gasteiger charge is 2.36. The highest BCUT2D eigenvalue weighted by molar-refractivity contribution is 5.80. The van der Waals surface area contributed by atoms with E-state index in [4.69, 9.17) is 0 Å². The van der Waals surface area contributed by atoms with Crippen molar-refractivity contribution in [3.8, 4) is 0 Å². The summed E-state index contributed by atoms with van der Waals surface area (Å²) in [4.78, 5) is 18.9. The molecule has 0 aliphatic heterocycles. The first-order valence-corrected chi connectivity index (χ1v) is 13.1. The maximum Gasteiger partial charge on any atom is 0.252 e. The number of rotatable bonds is 7. The van der Waals surface area contributed by atoms with Gasteiger partial charge in [-0.15, -0.1) is 5.10 Å². The molecule has 7 heteroatoms. The molecule has 5 rings (SSSR count). The van der Waals surface area contributed by atoms with E-state index in [9.17, 15) is 4.79 Å². The molecular formula is C27H38N6O. The average molecular weight is 463 g/mol. The summed E-state index contributed by atoms with van der Waals surface area (Å²) in [7, 11) is 0. The van der Waals surface area contributed by atoms with Crippen LogP contribution in [0.15, 0.2) is 23.0 Å². The van der Waals surface area contributed by atoms with E-state index in [0.717, 1.165) is 48.0 Å². The maximum atomic E-state index is 13.2. The Kier molecular flexibility index (Phi) is 6.56. The van der Waals surface area contributed by atoms with Gasteiger partial charge in [-0.1, -0.05) is 39.5 Å². The number of nitrogens with one attached hydrogen (secondary N) is 1. The van der Waals surface area contributed by atoms with Crippen molar-refractivity contribution in [2.24, 2.45) is 5.92 Å². The van der Waals surface area contributed by atoms with Gasteiger partial charge >= 0.3 is 0 Å². The van der Waals surface area contributed by atoms with Gasteiger partial charge in [0.1, 0.15) is 0 Å². The van der Waals surface area contributed by atoms with Crippen molar-refractivity contribution in [3.63, 3.8) is 0 Å². The molecule has 0 spiro atoms. The topological polar surface area (TPSA) is 79.7 Å². The lowest BCUT2D eigenvalue weighted by Crippen LogP contribution is -2.41. The summed E-state index contributed by atoms with van der Waals surface area (Å²) in [6.07, 6.45) is 9.60. The third-order valence-corrected chi connectivity index (χ3v) is 8.12. The standard InChI is InChI=1S/C27H38N6O/c1-17(2)25(26-29-30-31-33(26)23-11-7-8-12-23)32(22-9-5-6-10-22)16-21-15-20-13-18(3)19(4)14-24(20)28-27(21)34/h13-15,17,22-23,25H,5-12,16H2,1-4H3,(H,28,34)/t25-/m1/s1. The third kappa shape index (κ3) is 4.42. The molecule has 0 radical (unpaired) electrons. The van der Waals surface area contributed by atoms with E-state index in [0.29, 0.717) is 24.5 Å². The van der Waals surface area contributed by atoms with Gasteiger partial charge in [0.15, 0.2) is 5.82 Å². The lowest BCUT2D eigenvalue weighted by atomic mass is 9.97. The van der Waals surface area contributed by atoms with E-state index < -0.39 is 0 Å². The molecule has 2 fully saturated rings. The van der Waals surface area contributed by atoms with Crippen molar-refractivity contribution in [2.45, 2.75) is 104 Å². The van der Waals surface area contributed by atoms with Crippen LogP contribution in [-0.2, 0) is 6.54 Å². The van der Waals surface area contributed by atoms with E-state index in [-0.39, 0.29) is 11.6 Å². The molecule has 1 aromatic carbocycles. The smallest absolute Gasteiger partial charge is 0.252 e. The summed E-state index contributed by atoms with van der Waals surface area (Å²) in [5, 5.41) is 14.3. The van der Waals surface area contributed by atoms with Crippen LogP contribution in [0.2, 0.25) is 0 Å². The Morgan fingerprint density at radius 2 is 1.71 bits per heavy atom. The van der Waals surface area contributed by atoms with E-state index in [2.05, 4.69) is 76.0 Å². The molecule has 0 amide bonds. The predicted molar refractivity (Wildman–Crippen MR) is 135 cm³/mol. The molecule has 2 aromatic heterocycles. The first-order valence-electron chi connectivity index (χ1n) is 13.1. The summed E-state index contributed by atoms with van der Waals surface area (Å²) in [6.45, 7) is 9.35. The fourth-order valence-corrected chi connectivity index (χ4v) is 6.16. The van der Waals surface area contributed by atoms with Crippen LogP contribution >= 0.6 is 0 Å². The van der Waals surface area contributed by atoms with Gasteiger partial charge in [-0.05, 0) is 90.6 Å². The van der Waals surface area contributed by atoms with Gasteiger partial charge in [-0.3, -0.25) is 9.69 Å². The lowest BCUT2D eigenvalue weighted by molar-refractivity contribution is 0.0826. The number of benzene rings is 1. The molecule has 1 N–H and O–H groups in total. The monoisotopic (exact) mass is 462 g/mol. The zero-order valence-electron chi connectivity index (χ0n) is 21.0. The van der Waals surface area contributed by atoms with Crippen LogP contribution in [0.5, 0.6) is 0 Å². The molecule has 2 saturated carbocycles. The summed E-state index contributed by atoms with van der Waals surface area (Å²) >= 11 is 0. The quantitative estimate of drug-likeness (QED) is 0.509. The molecule has 2 aliphatic carbocycles. The van der Waals surface area contributed by atoms with Crippen molar-refractivity contribution < 1.29 is 0 Å². The Morgan fingerprint density at radius 3 is 2.41 bits per heavy atom. The minimum atomic E-state index is 0.0108. The van der Waals surface area contributed by atoms with Gasteiger partial charge in [0.05, 0.1) is 12.1 Å². The Bertz CT molecular complexity index is 1200. The third-order valence-electron chi connectivity index (χ3n) is 8.12. The van der Waals surface area contributed by atoms with E-state index in [1.807, 2.05) is 0 Å². The second-order valence-electron chi connectivity index (χ2n) is 10.9. The second kappa shape index (κ2) is 9.61. The van der Waals surface area contributed by atoms with Crippen LogP contribution in [0.3, 0.4) is 0 Å². The van der Waals surface area contributed by atoms with Crippen molar-refractivity contribution in [1.82, 2.24) is 30.1 Å². The largest absolute Gasteiger partial charge is 0.322 e. The number of pyridine rings is 1. The number of tetrazole rings is 1. The Hall–Kier alpha value is -2.54. The van der Waals surface area contributed by atoms with Crippen LogP contribution in [-0.4, -0.2) is 36.1 Å². The number of aromatic amines is 1. The fraction of sp³-hybridized carbons (Fsp3) is 0.630. The first-order chi connectivity index (χ1) is 16.4. The summed E-state index contributed by atoms with van der Waals surface area (Å²) in [5.41, 5.74) is 4.19. The summed E-state index contributed by atoms with van der Waals surface area (Å²) in [6, 6.07) is 7.28. The minimum Gasteiger partial charge on any atom is -0.322 e. The highest BCUT2D eigenvalue weighted by Crippen LogP contribution is 2.38. The average Bonchev–Trinajstić information content (AvgIpc) is 3.57. The molecule has 3 aromatic rings. The number of fused-ring (bicyclic) bond motifs is 1. The number of H-pyrrole nitrogens is 1. The van der Waals surface area contributed by atoms with Crippen LogP contribution in [0.1, 0.15) is 99.8 Å². The summed E-state index contributed by atoms with van der Waals surface area (Å²) < 4.78 is 2.11. The minimum absolute atomic E-state index is 0.0108. The van der Waals surface area contributed by atoms with Crippen molar-refractivity contribution in [3.05, 3.63) is 51.1 Å². The lowest BCUT2D eigenvalue weighted by Gasteiger charge is -2.38. The fourth-order valence-electron chi connectivity index (χ4n) is 6.16. The Labute approximate surface area is 201 Å². The van der Waals surface area contributed by atoms with Crippen LogP contribution < -0.4 is 5.56 Å². The molecule has 182 valence electrons. The van der Waals surface area contributed by atoms with Crippen LogP contribution in [0.4, 0.5) is 0 Å². The molecule has 34 heavy (non-hydrogen) atoms. The van der Waals surface area contributed by atoms with Crippen molar-refractivity contribution in [1.29, 1.82) is 0 Å².